The van der Waals surface area contributed by atoms with Crippen LogP contribution in [0.25, 0.3) is 0 Å². The maximum Gasteiger partial charge on any atom is 0.0921 e. The van der Waals surface area contributed by atoms with E-state index in [1.54, 1.807) is 6.33 Å². The van der Waals surface area contributed by atoms with Gasteiger partial charge in [0.15, 0.2) is 0 Å². The topological polar surface area (TPSA) is 28.7 Å². The average molecular weight is 341 g/mol. The number of imidazole rings is 1. The van der Waals surface area contributed by atoms with E-state index in [1.165, 1.54) is 50.6 Å². The minimum atomic E-state index is 1.04. The first kappa shape index (κ1) is 21.2. The van der Waals surface area contributed by atoms with Crippen molar-refractivity contribution >= 4 is 0 Å². The highest BCUT2D eigenvalue weighted by atomic mass is 14.9. The van der Waals surface area contributed by atoms with Gasteiger partial charge >= 0.3 is 0 Å². The van der Waals surface area contributed by atoms with Crippen LogP contribution in [0.1, 0.15) is 76.8 Å². The summed E-state index contributed by atoms with van der Waals surface area (Å²) in [4.78, 5) is 7.18. The van der Waals surface area contributed by atoms with E-state index < -0.39 is 0 Å². The molecule has 0 unspecified atom stereocenters. The summed E-state index contributed by atoms with van der Waals surface area (Å²) >= 11 is 0. The molecule has 138 valence electrons. The number of rotatable bonds is 15. The minimum Gasteiger partial charge on any atom is -0.348 e. The molecule has 0 aromatic carbocycles. The monoisotopic (exact) mass is 340 g/mol. The third-order valence-electron chi connectivity index (χ3n) is 4.08. The Bertz CT molecular complexity index is 492. The van der Waals surface area contributed by atoms with E-state index in [1.807, 2.05) is 6.20 Å². The Hall–Kier alpha value is -1.83. The van der Waals surface area contributed by atoms with Crippen molar-refractivity contribution < 1.29 is 0 Å². The summed E-state index contributed by atoms with van der Waals surface area (Å²) < 4.78 is 0. The highest BCUT2D eigenvalue weighted by molar-refractivity contribution is 4.99. The van der Waals surface area contributed by atoms with Gasteiger partial charge in [0.2, 0.25) is 0 Å². The number of nitrogens with zero attached hydrogens (tertiary/aromatic N) is 1. The van der Waals surface area contributed by atoms with E-state index in [4.69, 9.17) is 0 Å². The predicted octanol–water partition coefficient (Wildman–Crippen LogP) is 7.10. The van der Waals surface area contributed by atoms with Crippen LogP contribution in [0.15, 0.2) is 61.1 Å². The minimum absolute atomic E-state index is 1.04. The maximum absolute atomic E-state index is 4.04. The van der Waals surface area contributed by atoms with Crippen molar-refractivity contribution in [3.05, 3.63) is 66.8 Å². The molecule has 25 heavy (non-hydrogen) atoms. The van der Waals surface area contributed by atoms with Gasteiger partial charge in [-0.1, -0.05) is 68.4 Å². The number of aromatic nitrogens is 2. The van der Waals surface area contributed by atoms with Crippen LogP contribution in [0, 0.1) is 0 Å². The first-order chi connectivity index (χ1) is 12.4. The lowest BCUT2D eigenvalue weighted by molar-refractivity contribution is 0.728. The molecule has 0 fully saturated rings. The Morgan fingerprint density at radius 1 is 0.760 bits per heavy atom. The van der Waals surface area contributed by atoms with Crippen molar-refractivity contribution in [1.82, 2.24) is 9.97 Å². The molecule has 0 aliphatic carbocycles. The number of aryl methyl sites for hydroxylation is 1. The fraction of sp³-hybridized carbons (Fsp3) is 0.522. The molecule has 0 atom stereocenters. The molecular formula is C23H36N2. The van der Waals surface area contributed by atoms with Gasteiger partial charge in [0, 0.05) is 11.9 Å². The van der Waals surface area contributed by atoms with E-state index in [2.05, 4.69) is 65.5 Å². The Balaban J connectivity index is 1.87. The highest BCUT2D eigenvalue weighted by Crippen LogP contribution is 2.04. The van der Waals surface area contributed by atoms with Crippen LogP contribution in [-0.4, -0.2) is 9.97 Å². The molecule has 0 amide bonds. The normalized spacial score (nSPS) is 12.5. The molecule has 1 heterocycles. The maximum atomic E-state index is 4.04. The lowest BCUT2D eigenvalue weighted by atomic mass is 10.1. The molecule has 0 bridgehead atoms. The molecule has 1 aromatic heterocycles. The smallest absolute Gasteiger partial charge is 0.0921 e. The standard InChI is InChI=1S/C23H36N2/c1-2-3-4-5-6-7-8-9-10-11-12-13-14-15-16-17-18-19-20-23-21-24-22-25-23/h6-7,9-10,12-13,15-16,21-22H,2-5,8,11,14,17-20H2,1H3,(H,24,25). The van der Waals surface area contributed by atoms with Crippen LogP contribution in [0.2, 0.25) is 0 Å². The Morgan fingerprint density at radius 2 is 1.32 bits per heavy atom. The summed E-state index contributed by atoms with van der Waals surface area (Å²) in [6.07, 6.45) is 35.0. The first-order valence-corrected chi connectivity index (χ1v) is 10.0. The number of unbranched alkanes of at least 4 members (excludes halogenated alkanes) is 5. The molecule has 1 rings (SSSR count). The van der Waals surface area contributed by atoms with Crippen LogP contribution in [-0.2, 0) is 6.42 Å². The molecule has 0 spiro atoms. The second-order valence-corrected chi connectivity index (χ2v) is 6.41. The third-order valence-corrected chi connectivity index (χ3v) is 4.08. The van der Waals surface area contributed by atoms with Gasteiger partial charge in [0.25, 0.3) is 0 Å². The number of allylic oxidation sites excluding steroid dienone is 8. The van der Waals surface area contributed by atoms with Crippen LogP contribution < -0.4 is 0 Å². The quantitative estimate of drug-likeness (QED) is 0.268. The van der Waals surface area contributed by atoms with Crippen molar-refractivity contribution in [2.45, 2.75) is 77.6 Å². The number of hydrogen-bond donors (Lipinski definition) is 1. The summed E-state index contributed by atoms with van der Waals surface area (Å²) in [7, 11) is 0. The van der Waals surface area contributed by atoms with Gasteiger partial charge in [-0.2, -0.15) is 0 Å². The first-order valence-electron chi connectivity index (χ1n) is 10.0. The van der Waals surface area contributed by atoms with Crippen molar-refractivity contribution in [2.24, 2.45) is 0 Å². The Labute approximate surface area is 154 Å². The number of H-pyrrole nitrogens is 1. The van der Waals surface area contributed by atoms with Gasteiger partial charge in [-0.15, -0.1) is 0 Å². The second-order valence-electron chi connectivity index (χ2n) is 6.41. The highest BCUT2D eigenvalue weighted by Gasteiger charge is 1.92. The van der Waals surface area contributed by atoms with Crippen LogP contribution in [0.3, 0.4) is 0 Å². The van der Waals surface area contributed by atoms with E-state index in [9.17, 15) is 0 Å². The fourth-order valence-corrected chi connectivity index (χ4v) is 2.56. The lowest BCUT2D eigenvalue weighted by Crippen LogP contribution is -1.84. The SMILES string of the molecule is CCCCCC=CCC=CCC=CCC=CCCCCc1cnc[nH]1. The molecule has 0 aliphatic heterocycles. The summed E-state index contributed by atoms with van der Waals surface area (Å²) in [5, 5.41) is 0. The Morgan fingerprint density at radius 3 is 1.84 bits per heavy atom. The van der Waals surface area contributed by atoms with Crippen LogP contribution in [0.5, 0.6) is 0 Å². The number of hydrogen-bond acceptors (Lipinski definition) is 1. The molecule has 0 aliphatic rings. The molecule has 0 radical (unpaired) electrons. The third kappa shape index (κ3) is 14.2. The molecule has 1 aromatic rings. The average Bonchev–Trinajstić information content (AvgIpc) is 3.14. The van der Waals surface area contributed by atoms with E-state index in [0.717, 1.165) is 25.7 Å². The van der Waals surface area contributed by atoms with Crippen LogP contribution in [0.4, 0.5) is 0 Å². The van der Waals surface area contributed by atoms with E-state index in [0.29, 0.717) is 0 Å². The zero-order chi connectivity index (χ0) is 17.8. The summed E-state index contributed by atoms with van der Waals surface area (Å²) in [5.41, 5.74) is 1.24. The fourth-order valence-electron chi connectivity index (χ4n) is 2.56. The van der Waals surface area contributed by atoms with Gasteiger partial charge in [-0.3, -0.25) is 0 Å². The lowest BCUT2D eigenvalue weighted by Gasteiger charge is -1.95. The van der Waals surface area contributed by atoms with Gasteiger partial charge in [0.05, 0.1) is 6.33 Å². The molecule has 2 heteroatoms. The summed E-state index contributed by atoms with van der Waals surface area (Å²) in [6.45, 7) is 2.25. The summed E-state index contributed by atoms with van der Waals surface area (Å²) in [6, 6.07) is 0. The van der Waals surface area contributed by atoms with Gasteiger partial charge in [0.1, 0.15) is 0 Å². The van der Waals surface area contributed by atoms with Crippen molar-refractivity contribution in [1.29, 1.82) is 0 Å². The van der Waals surface area contributed by atoms with Gasteiger partial charge < -0.3 is 4.98 Å². The molecule has 0 saturated carbocycles. The van der Waals surface area contributed by atoms with Crippen LogP contribution >= 0.6 is 0 Å². The van der Waals surface area contributed by atoms with Crippen molar-refractivity contribution in [2.75, 3.05) is 0 Å². The predicted molar refractivity (Wildman–Crippen MR) is 111 cm³/mol. The zero-order valence-corrected chi connectivity index (χ0v) is 16.0. The van der Waals surface area contributed by atoms with E-state index >= 15 is 0 Å². The van der Waals surface area contributed by atoms with E-state index in [-0.39, 0.29) is 0 Å². The Kier molecular flexibility index (Phi) is 14.4. The van der Waals surface area contributed by atoms with Gasteiger partial charge in [-0.05, 0) is 57.8 Å². The van der Waals surface area contributed by atoms with Crippen molar-refractivity contribution in [3.8, 4) is 0 Å². The largest absolute Gasteiger partial charge is 0.348 e. The van der Waals surface area contributed by atoms with Crippen molar-refractivity contribution in [3.63, 3.8) is 0 Å². The summed E-state index contributed by atoms with van der Waals surface area (Å²) in [5.74, 6) is 0. The molecule has 2 nitrogen and oxygen atoms in total. The molecular weight excluding hydrogens is 304 g/mol. The van der Waals surface area contributed by atoms with Gasteiger partial charge in [-0.25, -0.2) is 4.98 Å². The number of nitrogens with one attached hydrogen (secondary N) is 1. The number of aromatic amines is 1. The molecule has 0 saturated heterocycles. The second kappa shape index (κ2) is 17.0. The zero-order valence-electron chi connectivity index (χ0n) is 16.0. The molecule has 1 N–H and O–H groups in total.